The predicted molar refractivity (Wildman–Crippen MR) is 92.4 cm³/mol. The summed E-state index contributed by atoms with van der Waals surface area (Å²) in [5.41, 5.74) is -0.930. The standard InChI is InChI=1S/C17H21BrF2N2O3/c1-10-9-21(7-8-22(10)16(24)25-17(2,3)4)15(23)11-5-6-12(18)14(20)13(11)19/h5-6,10H,7-9H2,1-4H3/t10-/m1/s1. The van der Waals surface area contributed by atoms with E-state index < -0.39 is 29.2 Å². The topological polar surface area (TPSA) is 49.9 Å². The first kappa shape index (κ1) is 19.6. The van der Waals surface area contributed by atoms with Crippen molar-refractivity contribution in [2.45, 2.75) is 39.3 Å². The lowest BCUT2D eigenvalue weighted by atomic mass is 10.1. The van der Waals surface area contributed by atoms with Crippen LogP contribution in [-0.4, -0.2) is 53.1 Å². The largest absolute Gasteiger partial charge is 0.444 e. The van der Waals surface area contributed by atoms with Gasteiger partial charge in [0.05, 0.1) is 10.0 Å². The Morgan fingerprint density at radius 3 is 2.40 bits per heavy atom. The van der Waals surface area contributed by atoms with Gasteiger partial charge in [0.25, 0.3) is 5.91 Å². The van der Waals surface area contributed by atoms with E-state index >= 15 is 0 Å². The fourth-order valence-corrected chi connectivity index (χ4v) is 2.90. The molecule has 1 aromatic rings. The normalized spacial score (nSPS) is 18.3. The van der Waals surface area contributed by atoms with Crippen molar-refractivity contribution in [2.24, 2.45) is 0 Å². The molecule has 0 aromatic heterocycles. The molecule has 0 radical (unpaired) electrons. The third-order valence-corrected chi connectivity index (χ3v) is 4.42. The van der Waals surface area contributed by atoms with Gasteiger partial charge in [-0.2, -0.15) is 0 Å². The number of amides is 2. The van der Waals surface area contributed by atoms with Gasteiger partial charge >= 0.3 is 6.09 Å². The number of hydrogen-bond donors (Lipinski definition) is 0. The number of piperazine rings is 1. The lowest BCUT2D eigenvalue weighted by Gasteiger charge is -2.40. The number of halogens is 3. The van der Waals surface area contributed by atoms with Crippen LogP contribution in [0.5, 0.6) is 0 Å². The summed E-state index contributed by atoms with van der Waals surface area (Å²) in [5, 5.41) is 0. The highest BCUT2D eigenvalue weighted by molar-refractivity contribution is 9.10. The molecular weight excluding hydrogens is 398 g/mol. The van der Waals surface area contributed by atoms with E-state index in [4.69, 9.17) is 4.74 Å². The van der Waals surface area contributed by atoms with E-state index in [1.807, 2.05) is 0 Å². The summed E-state index contributed by atoms with van der Waals surface area (Å²) in [6.07, 6.45) is -0.451. The quantitative estimate of drug-likeness (QED) is 0.651. The van der Waals surface area contributed by atoms with Gasteiger partial charge in [0.15, 0.2) is 11.6 Å². The Labute approximate surface area is 154 Å². The van der Waals surface area contributed by atoms with E-state index in [9.17, 15) is 18.4 Å². The molecule has 0 spiro atoms. The Morgan fingerprint density at radius 2 is 1.84 bits per heavy atom. The van der Waals surface area contributed by atoms with Crippen molar-refractivity contribution in [1.29, 1.82) is 0 Å². The Bertz CT molecular complexity index is 691. The van der Waals surface area contributed by atoms with Gasteiger partial charge in [-0.05, 0) is 55.8 Å². The highest BCUT2D eigenvalue weighted by Crippen LogP contribution is 2.23. The number of carbonyl (C=O) groups is 2. The maximum atomic E-state index is 14.0. The van der Waals surface area contributed by atoms with Gasteiger partial charge in [-0.25, -0.2) is 13.6 Å². The van der Waals surface area contributed by atoms with Crippen LogP contribution in [0.25, 0.3) is 0 Å². The zero-order valence-corrected chi connectivity index (χ0v) is 16.2. The van der Waals surface area contributed by atoms with E-state index in [2.05, 4.69) is 15.9 Å². The first-order valence-electron chi connectivity index (χ1n) is 7.93. The van der Waals surface area contributed by atoms with E-state index in [-0.39, 0.29) is 35.7 Å². The van der Waals surface area contributed by atoms with Gasteiger partial charge in [-0.3, -0.25) is 4.79 Å². The summed E-state index contributed by atoms with van der Waals surface area (Å²) in [5.74, 6) is -2.87. The fourth-order valence-electron chi connectivity index (χ4n) is 2.60. The molecule has 25 heavy (non-hydrogen) atoms. The SMILES string of the molecule is C[C@@H]1CN(C(=O)c2ccc(Br)c(F)c2F)CCN1C(=O)OC(C)(C)C. The molecule has 0 aliphatic carbocycles. The summed E-state index contributed by atoms with van der Waals surface area (Å²) >= 11 is 2.88. The molecule has 2 rings (SSSR count). The van der Waals surface area contributed by atoms with Gasteiger partial charge < -0.3 is 14.5 Å². The number of rotatable bonds is 1. The van der Waals surface area contributed by atoms with Crippen LogP contribution >= 0.6 is 15.9 Å². The van der Waals surface area contributed by atoms with Crippen LogP contribution in [0, 0.1) is 11.6 Å². The molecule has 1 heterocycles. The summed E-state index contributed by atoms with van der Waals surface area (Å²) in [7, 11) is 0. The number of benzene rings is 1. The van der Waals surface area contributed by atoms with Crippen molar-refractivity contribution in [3.63, 3.8) is 0 Å². The van der Waals surface area contributed by atoms with Crippen molar-refractivity contribution >= 4 is 27.9 Å². The van der Waals surface area contributed by atoms with E-state index in [1.54, 1.807) is 27.7 Å². The molecule has 1 aliphatic heterocycles. The van der Waals surface area contributed by atoms with Crippen molar-refractivity contribution in [3.05, 3.63) is 33.8 Å². The monoisotopic (exact) mass is 418 g/mol. The van der Waals surface area contributed by atoms with Crippen molar-refractivity contribution in [2.75, 3.05) is 19.6 Å². The average Bonchev–Trinajstić information content (AvgIpc) is 2.50. The molecule has 1 atom stereocenters. The van der Waals surface area contributed by atoms with Crippen LogP contribution < -0.4 is 0 Å². The predicted octanol–water partition coefficient (Wildman–Crippen LogP) is 3.81. The maximum absolute atomic E-state index is 14.0. The highest BCUT2D eigenvalue weighted by Gasteiger charge is 2.33. The van der Waals surface area contributed by atoms with E-state index in [0.717, 1.165) is 0 Å². The second-order valence-electron chi connectivity index (χ2n) is 7.00. The van der Waals surface area contributed by atoms with Crippen molar-refractivity contribution in [3.8, 4) is 0 Å². The number of ether oxygens (including phenoxy) is 1. The Balaban J connectivity index is 2.09. The highest BCUT2D eigenvalue weighted by atomic mass is 79.9. The summed E-state index contributed by atoms with van der Waals surface area (Å²) in [4.78, 5) is 27.6. The Kier molecular flexibility index (Phi) is 5.71. The van der Waals surface area contributed by atoms with E-state index in [0.29, 0.717) is 0 Å². The molecule has 2 amide bonds. The number of carbonyl (C=O) groups excluding carboxylic acids is 2. The first-order valence-corrected chi connectivity index (χ1v) is 8.73. The van der Waals surface area contributed by atoms with Crippen molar-refractivity contribution in [1.82, 2.24) is 9.80 Å². The maximum Gasteiger partial charge on any atom is 0.410 e. The molecule has 138 valence electrons. The molecular formula is C17H21BrF2N2O3. The zero-order valence-electron chi connectivity index (χ0n) is 14.6. The van der Waals surface area contributed by atoms with Gasteiger partial charge in [-0.15, -0.1) is 0 Å². The molecule has 1 saturated heterocycles. The van der Waals surface area contributed by atoms with Crippen LogP contribution in [0.1, 0.15) is 38.1 Å². The molecule has 1 aromatic carbocycles. The smallest absolute Gasteiger partial charge is 0.410 e. The molecule has 1 aliphatic rings. The second kappa shape index (κ2) is 7.27. The van der Waals surface area contributed by atoms with Gasteiger partial charge in [-0.1, -0.05) is 0 Å². The number of hydrogen-bond acceptors (Lipinski definition) is 3. The minimum absolute atomic E-state index is 0.0373. The minimum atomic E-state index is -1.18. The van der Waals surface area contributed by atoms with E-state index in [1.165, 1.54) is 21.9 Å². The molecule has 0 bridgehead atoms. The van der Waals surface area contributed by atoms with Crippen LogP contribution in [-0.2, 0) is 4.74 Å². The molecule has 1 fully saturated rings. The third-order valence-electron chi connectivity index (χ3n) is 3.81. The Morgan fingerprint density at radius 1 is 1.20 bits per heavy atom. The zero-order chi connectivity index (χ0) is 18.9. The fraction of sp³-hybridized carbons (Fsp3) is 0.529. The van der Waals surface area contributed by atoms with Crippen molar-refractivity contribution < 1.29 is 23.1 Å². The van der Waals surface area contributed by atoms with Crippen LogP contribution in [0.15, 0.2) is 16.6 Å². The first-order chi connectivity index (χ1) is 11.5. The third kappa shape index (κ3) is 4.48. The molecule has 0 N–H and O–H groups in total. The van der Waals surface area contributed by atoms with Gasteiger partial charge in [0.1, 0.15) is 5.60 Å². The number of nitrogens with zero attached hydrogens (tertiary/aromatic N) is 2. The van der Waals surface area contributed by atoms with Gasteiger partial charge in [0, 0.05) is 25.7 Å². The lowest BCUT2D eigenvalue weighted by molar-refractivity contribution is 0.00189. The summed E-state index contributed by atoms with van der Waals surface area (Å²) < 4.78 is 33.0. The summed E-state index contributed by atoms with van der Waals surface area (Å²) in [6.45, 7) is 7.82. The molecule has 5 nitrogen and oxygen atoms in total. The molecule has 0 unspecified atom stereocenters. The van der Waals surface area contributed by atoms with Gasteiger partial charge in [0.2, 0.25) is 0 Å². The van der Waals surface area contributed by atoms with Crippen LogP contribution in [0.4, 0.5) is 13.6 Å². The van der Waals surface area contributed by atoms with Crippen LogP contribution in [0.3, 0.4) is 0 Å². The second-order valence-corrected chi connectivity index (χ2v) is 7.85. The summed E-state index contributed by atoms with van der Waals surface area (Å²) in [6, 6.07) is 2.25. The molecule has 0 saturated carbocycles. The van der Waals surface area contributed by atoms with Crippen LogP contribution in [0.2, 0.25) is 0 Å². The lowest BCUT2D eigenvalue weighted by Crippen LogP contribution is -2.56. The Hall–Kier alpha value is -1.70. The minimum Gasteiger partial charge on any atom is -0.444 e. The average molecular weight is 419 g/mol. The molecule has 8 heteroatoms.